The van der Waals surface area contributed by atoms with E-state index in [9.17, 15) is 23.5 Å². The second-order valence-electron chi connectivity index (χ2n) is 7.14. The van der Waals surface area contributed by atoms with Gasteiger partial charge in [-0.3, -0.25) is 4.79 Å². The van der Waals surface area contributed by atoms with Crippen molar-refractivity contribution >= 4 is 23.2 Å². The summed E-state index contributed by atoms with van der Waals surface area (Å²) in [6.07, 6.45) is 1.70. The molecule has 8 heteroatoms. The predicted molar refractivity (Wildman–Crippen MR) is 98.5 cm³/mol. The number of ether oxygens (including phenoxy) is 1. The first kappa shape index (κ1) is 19.0. The minimum atomic E-state index is -0.941. The van der Waals surface area contributed by atoms with Crippen molar-refractivity contribution in [3.63, 3.8) is 0 Å². The molecular formula is C20H19F2NO4S. The lowest BCUT2D eigenvalue weighted by atomic mass is 9.82. The fourth-order valence-corrected chi connectivity index (χ4v) is 5.06. The number of nitrogens with zero attached hydrogens (tertiary/aromatic N) is 1. The van der Waals surface area contributed by atoms with E-state index in [0.29, 0.717) is 43.8 Å². The minimum Gasteiger partial charge on any atom is -0.477 e. The van der Waals surface area contributed by atoms with Crippen LogP contribution in [0.15, 0.2) is 24.3 Å². The van der Waals surface area contributed by atoms with Crippen LogP contribution in [0.25, 0.3) is 0 Å². The topological polar surface area (TPSA) is 66.8 Å². The zero-order valence-electron chi connectivity index (χ0n) is 15.0. The van der Waals surface area contributed by atoms with E-state index in [2.05, 4.69) is 0 Å². The predicted octanol–water partition coefficient (Wildman–Crippen LogP) is 3.36. The number of hydrogen-bond acceptors (Lipinski definition) is 4. The summed E-state index contributed by atoms with van der Waals surface area (Å²) in [6.45, 7) is 1.42. The Morgan fingerprint density at radius 1 is 1.21 bits per heavy atom. The number of halogens is 2. The van der Waals surface area contributed by atoms with E-state index in [1.54, 1.807) is 11.0 Å². The van der Waals surface area contributed by atoms with Crippen molar-refractivity contribution in [1.29, 1.82) is 0 Å². The lowest BCUT2D eigenvalue weighted by molar-refractivity contribution is -0.140. The van der Waals surface area contributed by atoms with Gasteiger partial charge >= 0.3 is 5.97 Å². The number of carbonyl (C=O) groups excluding carboxylic acids is 1. The van der Waals surface area contributed by atoms with Gasteiger partial charge in [0.25, 0.3) is 0 Å². The SMILES string of the molecule is O=C(O)c1cc2c(s1)CCOC21CCN(C(=O)Cc2ccc(F)cc2F)CC1. The quantitative estimate of drug-likeness (QED) is 0.847. The first-order valence-electron chi connectivity index (χ1n) is 9.10. The summed E-state index contributed by atoms with van der Waals surface area (Å²) in [5.41, 5.74) is 0.542. The standard InChI is InChI=1S/C20H19F2NO4S/c21-13-2-1-12(15(22)10-13)9-18(24)23-6-4-20(5-7-23)14-11-17(19(25)26)28-16(14)3-8-27-20/h1-2,10-11H,3-9H2,(H,25,26). The Hall–Kier alpha value is -2.32. The molecule has 3 heterocycles. The first-order chi connectivity index (χ1) is 13.4. The van der Waals surface area contributed by atoms with E-state index in [4.69, 9.17) is 4.74 Å². The Kier molecular flexibility index (Phi) is 4.93. The number of rotatable bonds is 3. The summed E-state index contributed by atoms with van der Waals surface area (Å²) in [4.78, 5) is 26.9. The van der Waals surface area contributed by atoms with Crippen LogP contribution >= 0.6 is 11.3 Å². The second kappa shape index (κ2) is 7.25. The zero-order chi connectivity index (χ0) is 19.9. The zero-order valence-corrected chi connectivity index (χ0v) is 15.9. The largest absolute Gasteiger partial charge is 0.477 e. The van der Waals surface area contributed by atoms with Crippen LogP contribution in [-0.2, 0) is 28.0 Å². The van der Waals surface area contributed by atoms with Crippen LogP contribution in [0.3, 0.4) is 0 Å². The highest BCUT2D eigenvalue weighted by molar-refractivity contribution is 7.14. The molecule has 1 spiro atoms. The van der Waals surface area contributed by atoms with Gasteiger partial charge in [0.2, 0.25) is 5.91 Å². The highest BCUT2D eigenvalue weighted by atomic mass is 32.1. The van der Waals surface area contributed by atoms with Crippen molar-refractivity contribution < 1.29 is 28.2 Å². The van der Waals surface area contributed by atoms with Crippen LogP contribution in [-0.4, -0.2) is 41.6 Å². The van der Waals surface area contributed by atoms with Crippen LogP contribution in [0, 0.1) is 11.6 Å². The molecule has 0 bridgehead atoms. The number of aromatic carboxylic acids is 1. The first-order valence-corrected chi connectivity index (χ1v) is 9.92. The normalized spacial score (nSPS) is 18.1. The smallest absolute Gasteiger partial charge is 0.345 e. The van der Waals surface area contributed by atoms with E-state index in [0.717, 1.165) is 22.6 Å². The molecule has 2 aliphatic heterocycles. The molecule has 1 aromatic carbocycles. The molecule has 1 aromatic heterocycles. The maximum Gasteiger partial charge on any atom is 0.345 e. The number of likely N-dealkylation sites (tertiary alicyclic amines) is 1. The number of carboxylic acids is 1. The van der Waals surface area contributed by atoms with Crippen molar-refractivity contribution in [2.45, 2.75) is 31.3 Å². The van der Waals surface area contributed by atoms with Gasteiger partial charge in [-0.05, 0) is 36.1 Å². The van der Waals surface area contributed by atoms with Crippen molar-refractivity contribution in [3.05, 3.63) is 56.8 Å². The highest BCUT2D eigenvalue weighted by Crippen LogP contribution is 2.44. The molecule has 28 heavy (non-hydrogen) atoms. The molecule has 0 atom stereocenters. The van der Waals surface area contributed by atoms with Crippen LogP contribution in [0.1, 0.15) is 38.5 Å². The molecule has 148 valence electrons. The van der Waals surface area contributed by atoms with Gasteiger partial charge in [-0.25, -0.2) is 13.6 Å². The van der Waals surface area contributed by atoms with Crippen LogP contribution in [0.4, 0.5) is 8.78 Å². The number of carbonyl (C=O) groups is 2. The summed E-state index contributed by atoms with van der Waals surface area (Å²) in [6, 6.07) is 4.92. The Labute approximate surface area is 164 Å². The van der Waals surface area contributed by atoms with Gasteiger partial charge in [-0.2, -0.15) is 0 Å². The van der Waals surface area contributed by atoms with Gasteiger partial charge in [-0.1, -0.05) is 6.07 Å². The van der Waals surface area contributed by atoms with Crippen molar-refractivity contribution in [2.24, 2.45) is 0 Å². The molecule has 1 saturated heterocycles. The van der Waals surface area contributed by atoms with E-state index in [1.165, 1.54) is 17.4 Å². The minimum absolute atomic E-state index is 0.118. The van der Waals surface area contributed by atoms with Crippen molar-refractivity contribution in [3.8, 4) is 0 Å². The number of amides is 1. The Balaban J connectivity index is 1.46. The highest BCUT2D eigenvalue weighted by Gasteiger charge is 2.43. The third-order valence-electron chi connectivity index (χ3n) is 5.50. The summed E-state index contributed by atoms with van der Waals surface area (Å²) in [5, 5.41) is 9.28. The lowest BCUT2D eigenvalue weighted by Gasteiger charge is -2.44. The average Bonchev–Trinajstić information content (AvgIpc) is 3.11. The van der Waals surface area contributed by atoms with Crippen LogP contribution < -0.4 is 0 Å². The van der Waals surface area contributed by atoms with Crippen molar-refractivity contribution in [1.82, 2.24) is 4.90 Å². The van der Waals surface area contributed by atoms with Crippen LogP contribution in [0.5, 0.6) is 0 Å². The van der Waals surface area contributed by atoms with Gasteiger partial charge in [0, 0.05) is 30.5 Å². The Morgan fingerprint density at radius 2 is 1.96 bits per heavy atom. The molecule has 0 saturated carbocycles. The molecule has 2 aromatic rings. The average molecular weight is 407 g/mol. The molecular weight excluding hydrogens is 388 g/mol. The summed E-state index contributed by atoms with van der Waals surface area (Å²) in [5.74, 6) is -2.55. The molecule has 1 N–H and O–H groups in total. The number of thiophene rings is 1. The molecule has 0 aliphatic carbocycles. The summed E-state index contributed by atoms with van der Waals surface area (Å²) >= 11 is 1.29. The molecule has 0 unspecified atom stereocenters. The number of carboxylic acid groups (broad SMARTS) is 1. The lowest BCUT2D eigenvalue weighted by Crippen LogP contribution is -2.48. The maximum absolute atomic E-state index is 13.8. The number of fused-ring (bicyclic) bond motifs is 2. The fraction of sp³-hybridized carbons (Fsp3) is 0.400. The molecule has 1 amide bonds. The molecule has 2 aliphatic rings. The Morgan fingerprint density at radius 3 is 2.64 bits per heavy atom. The van der Waals surface area contributed by atoms with Gasteiger partial charge in [-0.15, -0.1) is 11.3 Å². The third kappa shape index (κ3) is 3.42. The van der Waals surface area contributed by atoms with Gasteiger partial charge in [0.1, 0.15) is 16.5 Å². The summed E-state index contributed by atoms with van der Waals surface area (Å²) in [7, 11) is 0. The molecule has 4 rings (SSSR count). The van der Waals surface area contributed by atoms with E-state index in [-0.39, 0.29) is 17.9 Å². The van der Waals surface area contributed by atoms with E-state index >= 15 is 0 Å². The van der Waals surface area contributed by atoms with Crippen molar-refractivity contribution in [2.75, 3.05) is 19.7 Å². The molecule has 5 nitrogen and oxygen atoms in total. The second-order valence-corrected chi connectivity index (χ2v) is 8.28. The molecule has 0 radical (unpaired) electrons. The van der Waals surface area contributed by atoms with E-state index < -0.39 is 23.2 Å². The maximum atomic E-state index is 13.8. The monoisotopic (exact) mass is 407 g/mol. The third-order valence-corrected chi connectivity index (χ3v) is 6.68. The van der Waals surface area contributed by atoms with Gasteiger partial charge < -0.3 is 14.7 Å². The van der Waals surface area contributed by atoms with E-state index in [1.807, 2.05) is 0 Å². The number of hydrogen-bond donors (Lipinski definition) is 1. The summed E-state index contributed by atoms with van der Waals surface area (Å²) < 4.78 is 32.9. The van der Waals surface area contributed by atoms with Gasteiger partial charge in [0.15, 0.2) is 0 Å². The van der Waals surface area contributed by atoms with Crippen LogP contribution in [0.2, 0.25) is 0 Å². The Bertz CT molecular complexity index is 934. The molecule has 1 fully saturated rings. The van der Waals surface area contributed by atoms with Gasteiger partial charge in [0.05, 0.1) is 18.6 Å². The number of piperidine rings is 1. The fourth-order valence-electron chi connectivity index (χ4n) is 3.99. The number of benzene rings is 1.